The molecule has 33 heavy (non-hydrogen) atoms. The summed E-state index contributed by atoms with van der Waals surface area (Å²) in [5.74, 6) is -1.60. The molecule has 0 unspecified atom stereocenters. The number of halogens is 1. The number of methoxy groups -OCH3 is 1. The molecule has 2 aromatic rings. The van der Waals surface area contributed by atoms with Crippen LogP contribution in [0.5, 0.6) is 5.75 Å². The largest absolute Gasteiger partial charge is 0.496 e. The Morgan fingerprint density at radius 2 is 1.82 bits per heavy atom. The molecule has 0 spiro atoms. The van der Waals surface area contributed by atoms with Gasteiger partial charge >= 0.3 is 11.8 Å². The van der Waals surface area contributed by atoms with Gasteiger partial charge in [0.25, 0.3) is 0 Å². The van der Waals surface area contributed by atoms with E-state index in [1.165, 1.54) is 12.1 Å². The minimum absolute atomic E-state index is 0.0835. The van der Waals surface area contributed by atoms with Gasteiger partial charge < -0.3 is 20.1 Å². The smallest absolute Gasteiger partial charge is 0.309 e. The summed E-state index contributed by atoms with van der Waals surface area (Å²) >= 11 is 0. The van der Waals surface area contributed by atoms with Crippen LogP contribution in [-0.4, -0.2) is 64.1 Å². The summed E-state index contributed by atoms with van der Waals surface area (Å²) in [6, 6.07) is 11.8. The van der Waals surface area contributed by atoms with Crippen molar-refractivity contribution in [2.45, 2.75) is 24.0 Å². The molecule has 2 amide bonds. The third-order valence-electron chi connectivity index (χ3n) is 5.09. The number of hydrogen-bond acceptors (Lipinski definition) is 6. The molecule has 0 bridgehead atoms. The minimum atomic E-state index is -3.97. The van der Waals surface area contributed by atoms with Crippen LogP contribution in [0.2, 0.25) is 0 Å². The number of carbonyl (C=O) groups is 2. The molecule has 1 fully saturated rings. The Balaban J connectivity index is 1.54. The number of nitrogens with zero attached hydrogens (tertiary/aromatic N) is 1. The van der Waals surface area contributed by atoms with Crippen LogP contribution in [0.15, 0.2) is 53.4 Å². The van der Waals surface area contributed by atoms with E-state index in [-0.39, 0.29) is 24.5 Å². The number of amides is 2. The second kappa shape index (κ2) is 11.2. The summed E-state index contributed by atoms with van der Waals surface area (Å²) in [4.78, 5) is 24.2. The molecular weight excluding hydrogens is 453 g/mol. The molecule has 0 aromatic heterocycles. The minimum Gasteiger partial charge on any atom is -0.496 e. The average molecular weight is 480 g/mol. The van der Waals surface area contributed by atoms with E-state index in [0.717, 1.165) is 22.0 Å². The quantitative estimate of drug-likeness (QED) is 0.547. The third-order valence-corrected chi connectivity index (χ3v) is 6.99. The van der Waals surface area contributed by atoms with Crippen molar-refractivity contribution >= 4 is 21.8 Å². The Bertz CT molecular complexity index is 1080. The Kier molecular flexibility index (Phi) is 8.37. The van der Waals surface area contributed by atoms with Crippen LogP contribution in [0.3, 0.4) is 0 Å². The Morgan fingerprint density at radius 3 is 2.55 bits per heavy atom. The van der Waals surface area contributed by atoms with Gasteiger partial charge in [-0.15, -0.1) is 0 Å². The number of carbonyl (C=O) groups excluding carboxylic acids is 2. The highest BCUT2D eigenvalue weighted by Gasteiger charge is 2.35. The van der Waals surface area contributed by atoms with Gasteiger partial charge in [0.2, 0.25) is 10.0 Å². The lowest BCUT2D eigenvalue weighted by Crippen LogP contribution is -2.53. The highest BCUT2D eigenvalue weighted by molar-refractivity contribution is 7.89. The monoisotopic (exact) mass is 479 g/mol. The van der Waals surface area contributed by atoms with Crippen LogP contribution >= 0.6 is 0 Å². The van der Waals surface area contributed by atoms with Crippen molar-refractivity contribution in [1.82, 2.24) is 14.9 Å². The van der Waals surface area contributed by atoms with Crippen molar-refractivity contribution in [3.05, 3.63) is 59.9 Å². The topological polar surface area (TPSA) is 114 Å². The SMILES string of the molecule is COc1ccccc1CCNC(=O)C(=O)NC[C@H]1OCCCN1S(=O)(=O)c1ccc(F)cc1. The number of sulfonamides is 1. The van der Waals surface area contributed by atoms with Gasteiger partial charge in [-0.25, -0.2) is 12.8 Å². The highest BCUT2D eigenvalue weighted by Crippen LogP contribution is 2.22. The first-order valence-corrected chi connectivity index (χ1v) is 11.8. The molecule has 0 aliphatic carbocycles. The molecule has 178 valence electrons. The predicted octanol–water partition coefficient (Wildman–Crippen LogP) is 1.05. The number of para-hydroxylation sites is 1. The maximum absolute atomic E-state index is 13.2. The van der Waals surface area contributed by atoms with E-state index >= 15 is 0 Å². The van der Waals surface area contributed by atoms with Gasteiger partial charge in [-0.2, -0.15) is 4.31 Å². The lowest BCUT2D eigenvalue weighted by Gasteiger charge is -2.34. The molecule has 1 aliphatic heterocycles. The van der Waals surface area contributed by atoms with E-state index in [4.69, 9.17) is 9.47 Å². The summed E-state index contributed by atoms with van der Waals surface area (Å²) in [7, 11) is -2.42. The number of rotatable bonds is 8. The zero-order valence-electron chi connectivity index (χ0n) is 18.1. The average Bonchev–Trinajstić information content (AvgIpc) is 2.83. The van der Waals surface area contributed by atoms with E-state index in [2.05, 4.69) is 10.6 Å². The van der Waals surface area contributed by atoms with Gasteiger partial charge in [-0.05, 0) is 48.7 Å². The van der Waals surface area contributed by atoms with Crippen LogP contribution in [0.25, 0.3) is 0 Å². The molecular formula is C22H26FN3O6S. The molecule has 1 heterocycles. The highest BCUT2D eigenvalue weighted by atomic mass is 32.2. The number of hydrogen-bond donors (Lipinski definition) is 2. The van der Waals surface area contributed by atoms with Gasteiger partial charge in [0.1, 0.15) is 17.8 Å². The van der Waals surface area contributed by atoms with Crippen molar-refractivity contribution in [3.8, 4) is 5.75 Å². The summed E-state index contributed by atoms with van der Waals surface area (Å²) in [6.45, 7) is 0.489. The summed E-state index contributed by atoms with van der Waals surface area (Å²) in [6.07, 6.45) is -0.0496. The lowest BCUT2D eigenvalue weighted by atomic mass is 10.1. The van der Waals surface area contributed by atoms with Crippen molar-refractivity contribution in [3.63, 3.8) is 0 Å². The molecule has 0 saturated carbocycles. The molecule has 1 aliphatic rings. The van der Waals surface area contributed by atoms with Crippen molar-refractivity contribution in [2.75, 3.05) is 33.4 Å². The van der Waals surface area contributed by atoms with Crippen LogP contribution in [0.1, 0.15) is 12.0 Å². The van der Waals surface area contributed by atoms with E-state index in [1.807, 2.05) is 18.2 Å². The fourth-order valence-electron chi connectivity index (χ4n) is 3.41. The van der Waals surface area contributed by atoms with Gasteiger partial charge in [0, 0.05) is 13.1 Å². The van der Waals surface area contributed by atoms with Crippen LogP contribution in [-0.2, 0) is 30.8 Å². The van der Waals surface area contributed by atoms with E-state index in [9.17, 15) is 22.4 Å². The summed E-state index contributed by atoms with van der Waals surface area (Å²) < 4.78 is 50.9. The zero-order valence-corrected chi connectivity index (χ0v) is 18.9. The summed E-state index contributed by atoms with van der Waals surface area (Å²) in [5.41, 5.74) is 0.887. The van der Waals surface area contributed by atoms with Crippen LogP contribution in [0.4, 0.5) is 4.39 Å². The first-order chi connectivity index (χ1) is 15.8. The third kappa shape index (κ3) is 6.28. The van der Waals surface area contributed by atoms with Gasteiger partial charge in [0.05, 0.1) is 25.2 Å². The van der Waals surface area contributed by atoms with Gasteiger partial charge in [0.15, 0.2) is 0 Å². The van der Waals surface area contributed by atoms with Crippen molar-refractivity contribution in [2.24, 2.45) is 0 Å². The van der Waals surface area contributed by atoms with E-state index < -0.39 is 33.9 Å². The number of ether oxygens (including phenoxy) is 2. The normalized spacial score (nSPS) is 16.7. The molecule has 9 nitrogen and oxygen atoms in total. The van der Waals surface area contributed by atoms with Crippen molar-refractivity contribution < 1.29 is 31.9 Å². The molecule has 1 atom stereocenters. The molecule has 11 heteroatoms. The fraction of sp³-hybridized carbons (Fsp3) is 0.364. The summed E-state index contributed by atoms with van der Waals surface area (Å²) in [5, 5.41) is 4.95. The standard InChI is InChI=1S/C22H26FN3O6S/c1-31-19-6-3-2-5-16(19)11-12-24-21(27)22(28)25-15-20-26(13-4-14-32-20)33(29,30)18-9-7-17(23)8-10-18/h2-3,5-10,20H,4,11-15H2,1H3,(H,24,27)(H,25,28)/t20-/m1/s1. The van der Waals surface area contributed by atoms with Gasteiger partial charge in [-0.1, -0.05) is 18.2 Å². The lowest BCUT2D eigenvalue weighted by molar-refractivity contribution is -0.140. The molecule has 0 radical (unpaired) electrons. The van der Waals surface area contributed by atoms with E-state index in [1.54, 1.807) is 13.2 Å². The Labute approximate surface area is 191 Å². The second-order valence-electron chi connectivity index (χ2n) is 7.28. The van der Waals surface area contributed by atoms with E-state index in [0.29, 0.717) is 25.2 Å². The first kappa shape index (κ1) is 24.6. The van der Waals surface area contributed by atoms with Gasteiger partial charge in [-0.3, -0.25) is 9.59 Å². The van der Waals surface area contributed by atoms with Crippen LogP contribution < -0.4 is 15.4 Å². The second-order valence-corrected chi connectivity index (χ2v) is 9.17. The first-order valence-electron chi connectivity index (χ1n) is 10.4. The zero-order chi connectivity index (χ0) is 23.8. The number of nitrogens with one attached hydrogen (secondary N) is 2. The van der Waals surface area contributed by atoms with Crippen molar-refractivity contribution in [1.29, 1.82) is 0 Å². The molecule has 3 rings (SSSR count). The Morgan fingerprint density at radius 1 is 1.12 bits per heavy atom. The maximum Gasteiger partial charge on any atom is 0.309 e. The fourth-order valence-corrected chi connectivity index (χ4v) is 4.97. The van der Waals surface area contributed by atoms with Crippen LogP contribution in [0, 0.1) is 5.82 Å². The Hall–Kier alpha value is -3.02. The predicted molar refractivity (Wildman–Crippen MR) is 117 cm³/mol. The molecule has 2 N–H and O–H groups in total. The maximum atomic E-state index is 13.2. The molecule has 1 saturated heterocycles. The molecule has 2 aromatic carbocycles. The number of benzene rings is 2.